The van der Waals surface area contributed by atoms with Crippen LogP contribution in [-0.2, 0) is 9.47 Å². The van der Waals surface area contributed by atoms with Gasteiger partial charge in [-0.15, -0.1) is 0 Å². The second kappa shape index (κ2) is 107. The van der Waals surface area contributed by atoms with Gasteiger partial charge in [0.05, 0.1) is 12.7 Å². The van der Waals surface area contributed by atoms with E-state index in [1.807, 2.05) is 0 Å². The molecule has 0 radical (unpaired) electrons. The van der Waals surface area contributed by atoms with Crippen molar-refractivity contribution < 1.29 is 9.47 Å². The highest BCUT2D eigenvalue weighted by atomic mass is 16.5. The molecule has 8 rings (SSSR count). The maximum atomic E-state index is 5.22. The lowest BCUT2D eigenvalue weighted by Crippen LogP contribution is -2.46. The van der Waals surface area contributed by atoms with E-state index in [2.05, 4.69) is 193 Å². The van der Waals surface area contributed by atoms with Crippen LogP contribution >= 0.6 is 0 Å². The zero-order valence-electron chi connectivity index (χ0n) is 60.9. The second-order valence-corrected chi connectivity index (χ2v) is 25.1. The van der Waals surface area contributed by atoms with Gasteiger partial charge in [-0.05, 0) is 114 Å². The van der Waals surface area contributed by atoms with Gasteiger partial charge in [0, 0.05) is 52.0 Å². The molecule has 0 aromatic rings. The van der Waals surface area contributed by atoms with Crippen LogP contribution in [0.25, 0.3) is 0 Å². The number of morpholine rings is 1. The fraction of sp³-hybridized carbons (Fsp3) is 1.00. The molecule has 8 fully saturated rings. The van der Waals surface area contributed by atoms with Crippen LogP contribution in [0.15, 0.2) is 0 Å². The maximum Gasteiger partial charge on any atom is 0.0672 e. The van der Waals surface area contributed by atoms with Crippen molar-refractivity contribution in [1.82, 2.24) is 26.6 Å². The molecule has 5 aliphatic heterocycles. The van der Waals surface area contributed by atoms with Gasteiger partial charge in [0.2, 0.25) is 0 Å². The van der Waals surface area contributed by atoms with E-state index in [1.165, 1.54) is 212 Å². The molecule has 3 aliphatic carbocycles. The molecule has 5 atom stereocenters. The molecule has 0 bridgehead atoms. The third-order valence-corrected chi connectivity index (χ3v) is 12.5. The Kier molecular flexibility index (Phi) is 142. The molecular weight excluding hydrogens is 1030 g/mol. The standard InChI is InChI=1S/3C7H14.2C6H13N.C6H12O.C5H12N2.C5H11NO.8C3H8.4CH4/c3*1-7-5-3-2-4-6-7;3*1-6-3-2-4-7-5-6;2*1-5-4-6-2-3-7-5;8*1-3-2;;;;/h3*7H,2-6H2,1H3;2*6-7H,2-5H2,1H3;6H,2-5H2,1H3;5-7H,2-4H2,1H3;5-6H,2-4H2,1H3;8*3H2,1-2H3;4*1H4/t;;;3*6-;2*5-;;;;;;;;;;;;/m...10111............/s1. The average molecular weight is 1210 g/mol. The van der Waals surface area contributed by atoms with Crippen molar-refractivity contribution >= 4 is 0 Å². The summed E-state index contributed by atoms with van der Waals surface area (Å²) in [6.07, 6.45) is 41.0. The van der Waals surface area contributed by atoms with Gasteiger partial charge in [-0.1, -0.05) is 330 Å². The lowest BCUT2D eigenvalue weighted by Gasteiger charge is -2.19. The number of piperazine rings is 1. The van der Waals surface area contributed by atoms with Crippen molar-refractivity contribution in [3.05, 3.63) is 0 Å². The number of hydrogen-bond acceptors (Lipinski definition) is 7. The highest BCUT2D eigenvalue weighted by Gasteiger charge is 2.10. The van der Waals surface area contributed by atoms with Gasteiger partial charge in [-0.2, -0.15) is 0 Å². The molecule has 0 amide bonds. The summed E-state index contributed by atoms with van der Waals surface area (Å²) in [5, 5.41) is 16.5. The third kappa shape index (κ3) is 131. The molecule has 5 saturated heterocycles. The summed E-state index contributed by atoms with van der Waals surface area (Å²) in [7, 11) is 0. The van der Waals surface area contributed by atoms with E-state index >= 15 is 0 Å². The Labute approximate surface area is 542 Å². The molecular formula is C77H183N5O2. The Bertz CT molecular complexity index is 665. The normalized spacial score (nSPS) is 21.8. The number of nitrogens with one attached hydrogen (secondary N) is 5. The van der Waals surface area contributed by atoms with Crippen LogP contribution in [0.2, 0.25) is 0 Å². The SMILES string of the molecule is C.C.C.C.CC1CCCCC1.CC1CCCCC1.CC1CCCCC1.CCC.CCC.CCC.CCC.CCC.CCC.CCC.CCC.C[C@@H]1CCCNC1.C[C@@H]1CCCOC1.C[C@@H]1CNCCN1.C[C@@H]1CNCCO1.C[C@H]1CCCNC1. The first-order valence-corrected chi connectivity index (χ1v) is 36.2. The topological polar surface area (TPSA) is 78.6 Å². The van der Waals surface area contributed by atoms with E-state index in [-0.39, 0.29) is 29.7 Å². The van der Waals surface area contributed by atoms with Crippen molar-refractivity contribution in [2.75, 3.05) is 78.7 Å². The van der Waals surface area contributed by atoms with Gasteiger partial charge in [-0.3, -0.25) is 0 Å². The predicted octanol–water partition coefficient (Wildman–Crippen LogP) is 24.6. The summed E-state index contributed by atoms with van der Waals surface area (Å²) >= 11 is 0. The molecule has 84 heavy (non-hydrogen) atoms. The van der Waals surface area contributed by atoms with Crippen LogP contribution in [-0.4, -0.2) is 90.9 Å². The summed E-state index contributed by atoms with van der Waals surface area (Å²) in [5.41, 5.74) is 0. The molecule has 0 spiro atoms. The Hall–Kier alpha value is -0.280. The van der Waals surface area contributed by atoms with E-state index in [0.29, 0.717) is 12.1 Å². The predicted molar refractivity (Wildman–Crippen MR) is 402 cm³/mol. The maximum absolute atomic E-state index is 5.22. The largest absolute Gasteiger partial charge is 0.381 e. The van der Waals surface area contributed by atoms with Crippen molar-refractivity contribution in [3.63, 3.8) is 0 Å². The fourth-order valence-electron chi connectivity index (χ4n) is 8.37. The third-order valence-electron chi connectivity index (χ3n) is 12.5. The highest BCUT2D eigenvalue weighted by molar-refractivity contribution is 4.70. The monoisotopic (exact) mass is 1210 g/mol. The molecule has 5 heterocycles. The Balaban J connectivity index is -0.0000000666. The lowest BCUT2D eigenvalue weighted by molar-refractivity contribution is 0.0410. The molecule has 7 heteroatoms. The van der Waals surface area contributed by atoms with Crippen molar-refractivity contribution in [2.45, 2.75) is 394 Å². The minimum absolute atomic E-state index is 0. The van der Waals surface area contributed by atoms with Crippen LogP contribution in [0.4, 0.5) is 0 Å². The van der Waals surface area contributed by atoms with E-state index < -0.39 is 0 Å². The van der Waals surface area contributed by atoms with E-state index in [4.69, 9.17) is 9.47 Å². The van der Waals surface area contributed by atoms with Gasteiger partial charge in [0.1, 0.15) is 0 Å². The Morgan fingerprint density at radius 1 is 0.274 bits per heavy atom. The van der Waals surface area contributed by atoms with Gasteiger partial charge in [0.15, 0.2) is 0 Å². The number of hydrogen-bond donors (Lipinski definition) is 5. The first-order valence-electron chi connectivity index (χ1n) is 36.2. The van der Waals surface area contributed by atoms with Crippen LogP contribution in [0.3, 0.4) is 0 Å². The average Bonchev–Trinajstić information content (AvgIpc) is 3.44. The minimum atomic E-state index is 0. The van der Waals surface area contributed by atoms with Crippen LogP contribution in [0, 0.1) is 35.5 Å². The van der Waals surface area contributed by atoms with Crippen LogP contribution in [0.5, 0.6) is 0 Å². The molecule has 8 aliphatic rings. The summed E-state index contributed by atoms with van der Waals surface area (Å²) in [4.78, 5) is 0. The minimum Gasteiger partial charge on any atom is -0.381 e. The van der Waals surface area contributed by atoms with Gasteiger partial charge < -0.3 is 36.1 Å². The molecule has 7 nitrogen and oxygen atoms in total. The summed E-state index contributed by atoms with van der Waals surface area (Å²) in [5.74, 6) is 5.77. The summed E-state index contributed by atoms with van der Waals surface area (Å²) in [6.45, 7) is 65.4. The highest BCUT2D eigenvalue weighted by Crippen LogP contribution is 2.23. The molecule has 3 saturated carbocycles. The first kappa shape index (κ1) is 111. The van der Waals surface area contributed by atoms with E-state index in [9.17, 15) is 0 Å². The lowest BCUT2D eigenvalue weighted by atomic mass is 9.91. The van der Waals surface area contributed by atoms with Crippen molar-refractivity contribution in [3.8, 4) is 0 Å². The number of ether oxygens (including phenoxy) is 2. The summed E-state index contributed by atoms with van der Waals surface area (Å²) in [6, 6.07) is 0.675. The van der Waals surface area contributed by atoms with Crippen molar-refractivity contribution in [2.24, 2.45) is 35.5 Å². The smallest absolute Gasteiger partial charge is 0.0672 e. The van der Waals surface area contributed by atoms with Gasteiger partial charge >= 0.3 is 0 Å². The van der Waals surface area contributed by atoms with E-state index in [0.717, 1.165) is 88.1 Å². The molecule has 0 unspecified atom stereocenters. The summed E-state index contributed by atoms with van der Waals surface area (Å²) < 4.78 is 10.4. The van der Waals surface area contributed by atoms with Crippen molar-refractivity contribution in [1.29, 1.82) is 0 Å². The Morgan fingerprint density at radius 3 is 0.679 bits per heavy atom. The van der Waals surface area contributed by atoms with Crippen LogP contribution < -0.4 is 26.6 Å². The van der Waals surface area contributed by atoms with Gasteiger partial charge in [0.25, 0.3) is 0 Å². The zero-order chi connectivity index (χ0) is 62.6. The number of rotatable bonds is 0. The molecule has 528 valence electrons. The molecule has 5 N–H and O–H groups in total. The quantitative estimate of drug-likeness (QED) is 0.165. The van der Waals surface area contributed by atoms with Gasteiger partial charge in [-0.25, -0.2) is 0 Å². The van der Waals surface area contributed by atoms with Crippen LogP contribution in [0.1, 0.15) is 382 Å². The first-order chi connectivity index (χ1) is 38.5. The Morgan fingerprint density at radius 2 is 0.560 bits per heavy atom. The number of piperidine rings is 2. The zero-order valence-corrected chi connectivity index (χ0v) is 60.9. The molecule has 0 aromatic carbocycles. The second-order valence-electron chi connectivity index (χ2n) is 25.1. The van der Waals surface area contributed by atoms with E-state index in [1.54, 1.807) is 0 Å². The molecule has 0 aromatic heterocycles. The fourth-order valence-corrected chi connectivity index (χ4v) is 8.37.